The second kappa shape index (κ2) is 16.2. The van der Waals surface area contributed by atoms with Crippen molar-refractivity contribution in [2.24, 2.45) is 0 Å². The quantitative estimate of drug-likeness (QED) is 0.429. The fraction of sp³-hybridized carbons (Fsp3) is 0.765. The van der Waals surface area contributed by atoms with Gasteiger partial charge in [-0.2, -0.15) is 0 Å². The van der Waals surface area contributed by atoms with Gasteiger partial charge in [-0.05, 0) is 12.8 Å². The number of methoxy groups -OCH3 is 1. The first-order chi connectivity index (χ1) is 10.7. The van der Waals surface area contributed by atoms with E-state index in [4.69, 9.17) is 9.84 Å². The van der Waals surface area contributed by atoms with E-state index in [2.05, 4.69) is 0 Å². The number of hydrogen-bond acceptors (Lipinski definition) is 4. The maximum atomic E-state index is 10.0. The highest BCUT2D eigenvalue weighted by atomic mass is 16.5. The van der Waals surface area contributed by atoms with Gasteiger partial charge in [-0.15, -0.1) is 0 Å². The number of aliphatic hydroxyl groups excluding tert-OH is 1. The first-order valence-corrected chi connectivity index (χ1v) is 8.33. The van der Waals surface area contributed by atoms with E-state index in [1.54, 1.807) is 7.11 Å². The van der Waals surface area contributed by atoms with Crippen LogP contribution in [-0.2, 0) is 14.3 Å². The second-order valence-corrected chi connectivity index (χ2v) is 5.44. The molecule has 1 aliphatic heterocycles. The molecule has 2 N–H and O–H groups in total. The minimum atomic E-state index is -0.329. The maximum Gasteiger partial charge on any atom is 0.250 e. The number of unbranched alkanes of at least 4 members (excludes halogenated alkanes) is 9. The molecular weight excluding hydrogens is 282 g/mol. The van der Waals surface area contributed by atoms with Gasteiger partial charge in [0.15, 0.2) is 0 Å². The highest BCUT2D eigenvalue weighted by molar-refractivity contribution is 6.12. The number of nitrogens with one attached hydrogen (secondary N) is 1. The molecule has 2 amide bonds. The lowest BCUT2D eigenvalue weighted by Crippen LogP contribution is -2.19. The van der Waals surface area contributed by atoms with E-state index in [9.17, 15) is 9.59 Å². The number of imide groups is 1. The van der Waals surface area contributed by atoms with Crippen LogP contribution in [0.15, 0.2) is 12.2 Å². The molecule has 5 heteroatoms. The first kappa shape index (κ1) is 20.8. The Labute approximate surface area is 134 Å². The van der Waals surface area contributed by atoms with E-state index in [-0.39, 0.29) is 11.8 Å². The summed E-state index contributed by atoms with van der Waals surface area (Å²) in [5.74, 6) is -0.657. The molecule has 0 radical (unpaired) electrons. The lowest BCUT2D eigenvalue weighted by Gasteiger charge is -2.02. The third-order valence-corrected chi connectivity index (χ3v) is 3.39. The summed E-state index contributed by atoms with van der Waals surface area (Å²) in [6.45, 7) is 1.28. The van der Waals surface area contributed by atoms with Crippen LogP contribution >= 0.6 is 0 Å². The Morgan fingerprint density at radius 2 is 1.23 bits per heavy atom. The van der Waals surface area contributed by atoms with Crippen LogP contribution in [0.4, 0.5) is 0 Å². The van der Waals surface area contributed by atoms with Gasteiger partial charge in [0, 0.05) is 32.5 Å². The van der Waals surface area contributed by atoms with Crippen LogP contribution in [0.1, 0.15) is 64.2 Å². The van der Waals surface area contributed by atoms with Gasteiger partial charge in [0.1, 0.15) is 0 Å². The van der Waals surface area contributed by atoms with Crippen LogP contribution < -0.4 is 5.32 Å². The molecule has 22 heavy (non-hydrogen) atoms. The molecular formula is C17H31NO4. The molecule has 0 aliphatic carbocycles. The zero-order chi connectivity index (χ0) is 16.5. The van der Waals surface area contributed by atoms with Gasteiger partial charge in [0.25, 0.3) is 11.8 Å². The Hall–Kier alpha value is -1.20. The zero-order valence-corrected chi connectivity index (χ0v) is 13.8. The van der Waals surface area contributed by atoms with E-state index in [0.717, 1.165) is 13.0 Å². The summed E-state index contributed by atoms with van der Waals surface area (Å²) in [7, 11) is 1.77. The van der Waals surface area contributed by atoms with Crippen LogP contribution in [0.25, 0.3) is 0 Å². The molecule has 1 aliphatic rings. The molecule has 0 spiro atoms. The van der Waals surface area contributed by atoms with Crippen molar-refractivity contribution < 1.29 is 19.4 Å². The molecule has 128 valence electrons. The van der Waals surface area contributed by atoms with Gasteiger partial charge < -0.3 is 9.84 Å². The smallest absolute Gasteiger partial charge is 0.250 e. The van der Waals surface area contributed by atoms with Crippen LogP contribution in [-0.4, -0.2) is 37.2 Å². The number of aliphatic hydroxyl groups is 1. The van der Waals surface area contributed by atoms with Crippen molar-refractivity contribution in [2.75, 3.05) is 20.3 Å². The lowest BCUT2D eigenvalue weighted by atomic mass is 10.1. The number of carbonyl (C=O) groups is 2. The molecule has 5 nitrogen and oxygen atoms in total. The standard InChI is InChI=1S/C13H28O2.C4H3NO2/c1-15-13-11-9-7-5-3-2-4-6-8-10-12-14;6-3-1-2-4(7)5-3/h14H,2-13H2,1H3;1-2H,(H,5,6,7). The van der Waals surface area contributed by atoms with Crippen molar-refractivity contribution in [3.8, 4) is 0 Å². The highest BCUT2D eigenvalue weighted by Gasteiger charge is 2.06. The molecule has 0 bridgehead atoms. The van der Waals surface area contributed by atoms with Crippen molar-refractivity contribution in [3.05, 3.63) is 12.2 Å². The Morgan fingerprint density at radius 1 is 0.818 bits per heavy atom. The minimum absolute atomic E-state index is 0.329. The zero-order valence-electron chi connectivity index (χ0n) is 13.8. The minimum Gasteiger partial charge on any atom is -0.396 e. The second-order valence-electron chi connectivity index (χ2n) is 5.44. The van der Waals surface area contributed by atoms with E-state index in [1.165, 1.54) is 69.9 Å². The van der Waals surface area contributed by atoms with Gasteiger partial charge >= 0.3 is 0 Å². The van der Waals surface area contributed by atoms with E-state index in [0.29, 0.717) is 6.61 Å². The lowest BCUT2D eigenvalue weighted by molar-refractivity contribution is -0.123. The molecule has 1 rings (SSSR count). The molecule has 1 heterocycles. The topological polar surface area (TPSA) is 75.6 Å². The summed E-state index contributed by atoms with van der Waals surface area (Å²) in [5.41, 5.74) is 0. The molecule has 0 aromatic rings. The predicted octanol–water partition coefficient (Wildman–Crippen LogP) is 2.73. The van der Waals surface area contributed by atoms with Gasteiger partial charge in [-0.25, -0.2) is 0 Å². The number of rotatable bonds is 12. The van der Waals surface area contributed by atoms with Crippen molar-refractivity contribution in [2.45, 2.75) is 64.2 Å². The predicted molar refractivity (Wildman–Crippen MR) is 87.4 cm³/mol. The Bertz CT molecular complexity index is 288. The number of amides is 2. The monoisotopic (exact) mass is 313 g/mol. The van der Waals surface area contributed by atoms with Crippen LogP contribution in [0.5, 0.6) is 0 Å². The average Bonchev–Trinajstić information content (AvgIpc) is 2.89. The summed E-state index contributed by atoms with van der Waals surface area (Å²) >= 11 is 0. The first-order valence-electron chi connectivity index (χ1n) is 8.33. The Balaban J connectivity index is 0.000000518. The summed E-state index contributed by atoms with van der Waals surface area (Å²) in [6.07, 6.45) is 15.2. The molecule has 0 saturated heterocycles. The van der Waals surface area contributed by atoms with Gasteiger partial charge in [-0.3, -0.25) is 14.9 Å². The van der Waals surface area contributed by atoms with Crippen LogP contribution in [0.2, 0.25) is 0 Å². The molecule has 0 aromatic carbocycles. The third-order valence-electron chi connectivity index (χ3n) is 3.39. The number of hydrogen-bond donors (Lipinski definition) is 2. The Morgan fingerprint density at radius 3 is 1.55 bits per heavy atom. The third kappa shape index (κ3) is 15.2. The van der Waals surface area contributed by atoms with Crippen LogP contribution in [0, 0.1) is 0 Å². The van der Waals surface area contributed by atoms with E-state index >= 15 is 0 Å². The highest BCUT2D eigenvalue weighted by Crippen LogP contribution is 2.10. The van der Waals surface area contributed by atoms with Crippen molar-refractivity contribution in [1.82, 2.24) is 5.32 Å². The number of ether oxygens (including phenoxy) is 1. The average molecular weight is 313 g/mol. The SMILES string of the molecule is COCCCCCCCCCCCCO.O=C1C=CC(=O)N1. The molecule has 0 unspecified atom stereocenters. The molecule has 0 fully saturated rings. The summed E-state index contributed by atoms with van der Waals surface area (Å²) in [5, 5.41) is 10.6. The van der Waals surface area contributed by atoms with Gasteiger partial charge in [-0.1, -0.05) is 51.4 Å². The van der Waals surface area contributed by atoms with E-state index < -0.39 is 0 Å². The summed E-state index contributed by atoms with van der Waals surface area (Å²) < 4.78 is 5.00. The fourth-order valence-electron chi connectivity index (χ4n) is 2.13. The van der Waals surface area contributed by atoms with Crippen molar-refractivity contribution >= 4 is 11.8 Å². The summed E-state index contributed by atoms with van der Waals surface area (Å²) in [4.78, 5) is 20.1. The molecule has 0 saturated carbocycles. The summed E-state index contributed by atoms with van der Waals surface area (Å²) in [6, 6.07) is 0. The Kier molecular flexibility index (Phi) is 15.3. The fourth-order valence-corrected chi connectivity index (χ4v) is 2.13. The van der Waals surface area contributed by atoms with Crippen molar-refractivity contribution in [3.63, 3.8) is 0 Å². The van der Waals surface area contributed by atoms with E-state index in [1.807, 2.05) is 5.32 Å². The molecule has 0 atom stereocenters. The normalized spacial score (nSPS) is 13.0. The van der Waals surface area contributed by atoms with Crippen molar-refractivity contribution in [1.29, 1.82) is 0 Å². The molecule has 0 aromatic heterocycles. The maximum absolute atomic E-state index is 10.0. The largest absolute Gasteiger partial charge is 0.396 e. The number of carbonyl (C=O) groups excluding carboxylic acids is 2. The van der Waals surface area contributed by atoms with Crippen LogP contribution in [0.3, 0.4) is 0 Å². The van der Waals surface area contributed by atoms with Gasteiger partial charge in [0.2, 0.25) is 0 Å². The van der Waals surface area contributed by atoms with Gasteiger partial charge in [0.05, 0.1) is 0 Å².